The number of ether oxygens (including phenoxy) is 1. The van der Waals surface area contributed by atoms with Crippen molar-refractivity contribution in [1.82, 2.24) is 0 Å². The Morgan fingerprint density at radius 3 is 1.62 bits per heavy atom. The number of rotatable bonds is 5. The summed E-state index contributed by atoms with van der Waals surface area (Å²) in [5.41, 5.74) is 2.55. The van der Waals surface area contributed by atoms with Gasteiger partial charge < -0.3 is 4.74 Å². The van der Waals surface area contributed by atoms with E-state index in [2.05, 4.69) is 29.0 Å². The lowest BCUT2D eigenvalue weighted by Gasteiger charge is -2.33. The molecule has 0 N–H and O–H groups in total. The van der Waals surface area contributed by atoms with Crippen LogP contribution in [0.5, 0.6) is 5.75 Å². The first-order valence-electron chi connectivity index (χ1n) is 11.6. The summed E-state index contributed by atoms with van der Waals surface area (Å²) in [5, 5.41) is 0. The summed E-state index contributed by atoms with van der Waals surface area (Å²) in [6.45, 7) is 0. The van der Waals surface area contributed by atoms with Crippen LogP contribution < -0.4 is 4.74 Å². The van der Waals surface area contributed by atoms with Crippen LogP contribution in [0, 0.1) is 23.4 Å². The van der Waals surface area contributed by atoms with E-state index in [0.29, 0.717) is 30.9 Å². The monoisotopic (exact) mass is 452 g/mol. The van der Waals surface area contributed by atoms with Crippen molar-refractivity contribution in [3.63, 3.8) is 0 Å². The molecule has 174 valence electrons. The van der Waals surface area contributed by atoms with Crippen LogP contribution in [-0.2, 0) is 0 Å². The fourth-order valence-corrected chi connectivity index (χ4v) is 5.25. The van der Waals surface area contributed by atoms with Crippen LogP contribution in [0.4, 0.5) is 22.0 Å². The molecule has 1 nitrogen and oxygen atoms in total. The second-order valence-corrected chi connectivity index (χ2v) is 9.27. The Morgan fingerprint density at radius 1 is 0.656 bits per heavy atom. The predicted octanol–water partition coefficient (Wildman–Crippen LogP) is 8.49. The maximum atomic E-state index is 14.6. The first kappa shape index (κ1) is 23.1. The van der Waals surface area contributed by atoms with E-state index in [-0.39, 0.29) is 18.8 Å². The smallest absolute Gasteiger partial charge is 0.400 e. The molecule has 2 saturated carbocycles. The molecule has 0 heterocycles. The van der Waals surface area contributed by atoms with E-state index >= 15 is 0 Å². The van der Waals surface area contributed by atoms with E-state index in [0.717, 1.165) is 0 Å². The minimum atomic E-state index is -3.58. The van der Waals surface area contributed by atoms with E-state index < -0.39 is 35.2 Å². The van der Waals surface area contributed by atoms with Gasteiger partial charge in [0.25, 0.3) is 0 Å². The van der Waals surface area contributed by atoms with E-state index in [1.54, 1.807) is 0 Å². The second kappa shape index (κ2) is 9.80. The minimum Gasteiger partial charge on any atom is -0.432 e. The highest BCUT2D eigenvalue weighted by molar-refractivity contribution is 5.28. The molecule has 4 rings (SSSR count). The lowest BCUT2D eigenvalue weighted by molar-refractivity contribution is -0.222. The minimum absolute atomic E-state index is 0.214. The Morgan fingerprint density at radius 2 is 1.12 bits per heavy atom. The lowest BCUT2D eigenvalue weighted by Crippen LogP contribution is -2.37. The Labute approximate surface area is 186 Å². The van der Waals surface area contributed by atoms with E-state index in [1.807, 2.05) is 0 Å². The molecule has 2 aliphatic rings. The molecule has 2 aromatic carbocycles. The fraction of sp³-hybridized carbons (Fsp3) is 0.538. The molecule has 32 heavy (non-hydrogen) atoms. The molecule has 0 aromatic heterocycles. The summed E-state index contributed by atoms with van der Waals surface area (Å²) >= 11 is 0. The van der Waals surface area contributed by atoms with E-state index in [4.69, 9.17) is 0 Å². The van der Waals surface area contributed by atoms with Crippen molar-refractivity contribution >= 4 is 0 Å². The van der Waals surface area contributed by atoms with Crippen LogP contribution in [0.1, 0.15) is 87.2 Å². The van der Waals surface area contributed by atoms with Crippen LogP contribution in [-0.4, -0.2) is 6.11 Å². The number of halogens is 5. The number of alkyl halides is 2. The van der Waals surface area contributed by atoms with Gasteiger partial charge in [0.2, 0.25) is 0 Å². The summed E-state index contributed by atoms with van der Waals surface area (Å²) in [5.74, 6) is -5.72. The van der Waals surface area contributed by atoms with Gasteiger partial charge in [-0.15, -0.1) is 0 Å². The zero-order valence-corrected chi connectivity index (χ0v) is 18.1. The molecule has 6 heteroatoms. The van der Waals surface area contributed by atoms with Crippen molar-refractivity contribution in [1.29, 1.82) is 0 Å². The number of benzene rings is 2. The third-order valence-electron chi connectivity index (χ3n) is 7.15. The number of hydrogen-bond acceptors (Lipinski definition) is 1. The fourth-order valence-electron chi connectivity index (χ4n) is 5.25. The Balaban J connectivity index is 1.35. The van der Waals surface area contributed by atoms with E-state index in [9.17, 15) is 22.0 Å². The van der Waals surface area contributed by atoms with Crippen molar-refractivity contribution < 1.29 is 26.7 Å². The largest absolute Gasteiger partial charge is 0.432 e. The average molecular weight is 453 g/mol. The summed E-state index contributed by atoms with van der Waals surface area (Å²) in [4.78, 5) is 0. The molecule has 0 radical (unpaired) electrons. The van der Waals surface area contributed by atoms with Crippen LogP contribution in [0.15, 0.2) is 36.4 Å². The summed E-state index contributed by atoms with van der Waals surface area (Å²) in [7, 11) is 0. The highest BCUT2D eigenvalue weighted by atomic mass is 19.3. The van der Waals surface area contributed by atoms with Gasteiger partial charge in [-0.3, -0.25) is 0 Å². The molecule has 0 unspecified atom stereocenters. The van der Waals surface area contributed by atoms with Gasteiger partial charge in [-0.1, -0.05) is 49.9 Å². The van der Waals surface area contributed by atoms with Crippen molar-refractivity contribution in [3.8, 4) is 5.75 Å². The molecule has 0 bridgehead atoms. The molecular weight excluding hydrogens is 423 g/mol. The summed E-state index contributed by atoms with van der Waals surface area (Å²) < 4.78 is 73.6. The SMILES string of the molecule is Fc1cc(OC(F)(F)C2CCC(c3ccc(C4CCCCCC4)cc3)CC2)cc(F)c1F. The van der Waals surface area contributed by atoms with Crippen molar-refractivity contribution in [3.05, 3.63) is 65.0 Å². The maximum Gasteiger partial charge on any atom is 0.400 e. The molecule has 0 amide bonds. The lowest BCUT2D eigenvalue weighted by atomic mass is 9.77. The van der Waals surface area contributed by atoms with Gasteiger partial charge in [0.15, 0.2) is 17.5 Å². The van der Waals surface area contributed by atoms with Gasteiger partial charge in [0.05, 0.1) is 5.92 Å². The van der Waals surface area contributed by atoms with Gasteiger partial charge in [-0.05, 0) is 61.5 Å². The molecule has 2 fully saturated rings. The highest BCUT2D eigenvalue weighted by Gasteiger charge is 2.44. The van der Waals surface area contributed by atoms with Crippen LogP contribution >= 0.6 is 0 Å². The zero-order valence-electron chi connectivity index (χ0n) is 18.1. The zero-order chi connectivity index (χ0) is 22.7. The van der Waals surface area contributed by atoms with Crippen molar-refractivity contribution in [2.24, 2.45) is 5.92 Å². The molecule has 2 aliphatic carbocycles. The molecule has 0 aliphatic heterocycles. The maximum absolute atomic E-state index is 14.6. The van der Waals surface area contributed by atoms with Crippen LogP contribution in [0.3, 0.4) is 0 Å². The van der Waals surface area contributed by atoms with E-state index in [1.165, 1.54) is 49.7 Å². The normalized spacial score (nSPS) is 23.0. The molecule has 2 aromatic rings. The predicted molar refractivity (Wildman–Crippen MR) is 113 cm³/mol. The third kappa shape index (κ3) is 5.26. The molecular formula is C26H29F5O. The van der Waals surface area contributed by atoms with Gasteiger partial charge in [-0.2, -0.15) is 8.78 Å². The first-order valence-corrected chi connectivity index (χ1v) is 11.6. The topological polar surface area (TPSA) is 9.23 Å². The van der Waals surface area contributed by atoms with Gasteiger partial charge >= 0.3 is 6.11 Å². The van der Waals surface area contributed by atoms with Crippen molar-refractivity contribution in [2.45, 2.75) is 82.2 Å². The quantitative estimate of drug-likeness (QED) is 0.251. The standard InChI is InChI=1S/C26H29F5O/c27-23-15-22(16-24(28)25(23)29)32-26(30,31)21-13-11-20(12-14-21)19-9-7-18(8-10-19)17-5-3-1-2-4-6-17/h7-10,15-17,20-21H,1-6,11-14H2. The number of hydrogen-bond donors (Lipinski definition) is 0. The van der Waals surface area contributed by atoms with Crippen LogP contribution in [0.25, 0.3) is 0 Å². The Bertz CT molecular complexity index is 872. The second-order valence-electron chi connectivity index (χ2n) is 9.27. The van der Waals surface area contributed by atoms with Gasteiger partial charge in [-0.25, -0.2) is 13.2 Å². The summed E-state index contributed by atoms with van der Waals surface area (Å²) in [6.07, 6.45) is 5.77. The van der Waals surface area contributed by atoms with Gasteiger partial charge in [0, 0.05) is 12.1 Å². The average Bonchev–Trinajstić information content (AvgIpc) is 3.07. The highest BCUT2D eigenvalue weighted by Crippen LogP contribution is 2.43. The Hall–Kier alpha value is -2.11. The van der Waals surface area contributed by atoms with Crippen molar-refractivity contribution in [2.75, 3.05) is 0 Å². The first-order chi connectivity index (χ1) is 15.3. The molecule has 0 saturated heterocycles. The Kier molecular flexibility index (Phi) is 7.06. The summed E-state index contributed by atoms with van der Waals surface area (Å²) in [6, 6.07) is 9.59. The van der Waals surface area contributed by atoms with Crippen LogP contribution in [0.2, 0.25) is 0 Å². The third-order valence-corrected chi connectivity index (χ3v) is 7.15. The van der Waals surface area contributed by atoms with Gasteiger partial charge in [0.1, 0.15) is 5.75 Å². The molecule has 0 spiro atoms. The molecule has 0 atom stereocenters.